The van der Waals surface area contributed by atoms with Crippen molar-refractivity contribution >= 4 is 11.9 Å². The normalized spacial score (nSPS) is 45.3. The summed E-state index contributed by atoms with van der Waals surface area (Å²) in [5.74, 6) is -0.489. The van der Waals surface area contributed by atoms with Gasteiger partial charge in [0.2, 0.25) is 5.91 Å². The molecule has 5 atom stereocenters. The van der Waals surface area contributed by atoms with Gasteiger partial charge >= 0.3 is 5.97 Å². The van der Waals surface area contributed by atoms with E-state index in [2.05, 4.69) is 11.9 Å². The first-order chi connectivity index (χ1) is 7.20. The molecule has 0 aromatic heterocycles. The Hall–Kier alpha value is -1.36. The van der Waals surface area contributed by atoms with E-state index < -0.39 is 5.97 Å². The molecule has 0 aliphatic carbocycles. The minimum Gasteiger partial charge on any atom is -0.454 e. The molecule has 0 saturated carbocycles. The predicted molar refractivity (Wildman–Crippen MR) is 48.8 cm³/mol. The Morgan fingerprint density at radius 1 is 1.67 bits per heavy atom. The van der Waals surface area contributed by atoms with E-state index in [4.69, 9.17) is 9.47 Å². The average molecular weight is 209 g/mol. The van der Waals surface area contributed by atoms with Crippen LogP contribution in [0.3, 0.4) is 0 Å². The zero-order valence-corrected chi connectivity index (χ0v) is 8.01. The predicted octanol–water partition coefficient (Wildman–Crippen LogP) is -0.630. The van der Waals surface area contributed by atoms with Crippen LogP contribution in [0.2, 0.25) is 0 Å². The first-order valence-corrected chi connectivity index (χ1v) is 4.99. The van der Waals surface area contributed by atoms with E-state index in [-0.39, 0.29) is 36.2 Å². The minimum absolute atomic E-state index is 0.0182. The standard InChI is InChI=1S/C10H11NO4/c1-2-6(12)15-9-5-3-4-8(14-5)7(9)11-10(4)13/h2,4-5,7-9H,1,3H2,(H,11,13). The number of carbonyl (C=O) groups is 2. The first kappa shape index (κ1) is 8.91. The number of rotatable bonds is 2. The molecule has 80 valence electrons. The van der Waals surface area contributed by atoms with Crippen LogP contribution in [0.15, 0.2) is 12.7 Å². The van der Waals surface area contributed by atoms with Crippen molar-refractivity contribution in [3.8, 4) is 0 Å². The molecule has 1 amide bonds. The molecular formula is C10H11NO4. The highest BCUT2D eigenvalue weighted by Crippen LogP contribution is 2.44. The Kier molecular flexibility index (Phi) is 1.68. The number of hydrogen-bond donors (Lipinski definition) is 1. The van der Waals surface area contributed by atoms with Crippen molar-refractivity contribution in [3.63, 3.8) is 0 Å². The van der Waals surface area contributed by atoms with Crippen molar-refractivity contribution in [1.82, 2.24) is 5.32 Å². The van der Waals surface area contributed by atoms with Crippen molar-refractivity contribution in [2.75, 3.05) is 0 Å². The van der Waals surface area contributed by atoms with Crippen LogP contribution < -0.4 is 5.32 Å². The first-order valence-electron chi connectivity index (χ1n) is 4.99. The summed E-state index contributed by atoms with van der Waals surface area (Å²) < 4.78 is 10.8. The maximum Gasteiger partial charge on any atom is 0.330 e. The molecule has 0 aromatic rings. The molecule has 3 saturated heterocycles. The quantitative estimate of drug-likeness (QED) is 0.486. The van der Waals surface area contributed by atoms with Gasteiger partial charge in [0.25, 0.3) is 0 Å². The van der Waals surface area contributed by atoms with Crippen LogP contribution in [0, 0.1) is 5.92 Å². The molecule has 0 spiro atoms. The number of carbonyl (C=O) groups excluding carboxylic acids is 2. The molecule has 15 heavy (non-hydrogen) atoms. The fourth-order valence-electron chi connectivity index (χ4n) is 2.72. The third-order valence-corrected chi connectivity index (χ3v) is 3.35. The highest BCUT2D eigenvalue weighted by Gasteiger charge is 2.62. The van der Waals surface area contributed by atoms with Gasteiger partial charge in [0.15, 0.2) is 6.10 Å². The van der Waals surface area contributed by atoms with Gasteiger partial charge in [-0.3, -0.25) is 4.79 Å². The van der Waals surface area contributed by atoms with E-state index in [0.29, 0.717) is 6.42 Å². The van der Waals surface area contributed by atoms with Gasteiger partial charge < -0.3 is 14.8 Å². The van der Waals surface area contributed by atoms with Gasteiger partial charge in [-0.05, 0) is 6.42 Å². The van der Waals surface area contributed by atoms with Crippen LogP contribution in [0.5, 0.6) is 0 Å². The van der Waals surface area contributed by atoms with E-state index in [9.17, 15) is 9.59 Å². The smallest absolute Gasteiger partial charge is 0.330 e. The number of nitrogens with one attached hydrogen (secondary N) is 1. The summed E-state index contributed by atoms with van der Waals surface area (Å²) in [6, 6.07) is -0.162. The average Bonchev–Trinajstić information content (AvgIpc) is 2.81. The number of amides is 1. The second kappa shape index (κ2) is 2.82. The molecular weight excluding hydrogens is 198 g/mol. The van der Waals surface area contributed by atoms with E-state index in [1.54, 1.807) is 0 Å². The van der Waals surface area contributed by atoms with Crippen molar-refractivity contribution in [3.05, 3.63) is 12.7 Å². The molecule has 5 nitrogen and oxygen atoms in total. The van der Waals surface area contributed by atoms with Gasteiger partial charge in [-0.25, -0.2) is 4.79 Å². The van der Waals surface area contributed by atoms with Crippen molar-refractivity contribution in [2.45, 2.75) is 30.8 Å². The van der Waals surface area contributed by atoms with Crippen molar-refractivity contribution in [2.24, 2.45) is 5.92 Å². The zero-order chi connectivity index (χ0) is 10.6. The van der Waals surface area contributed by atoms with Crippen LogP contribution in [0.25, 0.3) is 0 Å². The summed E-state index contributed by atoms with van der Waals surface area (Å²) in [6.45, 7) is 3.34. The molecule has 5 heteroatoms. The monoisotopic (exact) mass is 209 g/mol. The fraction of sp³-hybridized carbons (Fsp3) is 0.600. The lowest BCUT2D eigenvalue weighted by Gasteiger charge is -2.22. The van der Waals surface area contributed by atoms with E-state index >= 15 is 0 Å². The van der Waals surface area contributed by atoms with Crippen molar-refractivity contribution < 1.29 is 19.1 Å². The topological polar surface area (TPSA) is 64.6 Å². The summed E-state index contributed by atoms with van der Waals surface area (Å²) in [5, 5.41) is 2.81. The number of hydrogen-bond acceptors (Lipinski definition) is 4. The third kappa shape index (κ3) is 1.07. The van der Waals surface area contributed by atoms with Crippen LogP contribution in [0.4, 0.5) is 0 Å². The maximum absolute atomic E-state index is 11.4. The molecule has 3 rings (SSSR count). The second-order valence-corrected chi connectivity index (χ2v) is 4.12. The largest absolute Gasteiger partial charge is 0.454 e. The third-order valence-electron chi connectivity index (χ3n) is 3.35. The van der Waals surface area contributed by atoms with E-state index in [0.717, 1.165) is 6.08 Å². The molecule has 3 fully saturated rings. The lowest BCUT2D eigenvalue weighted by molar-refractivity contribution is -0.146. The van der Waals surface area contributed by atoms with Crippen LogP contribution >= 0.6 is 0 Å². The molecule has 0 aromatic carbocycles. The second-order valence-electron chi connectivity index (χ2n) is 4.12. The van der Waals surface area contributed by atoms with E-state index in [1.165, 1.54) is 0 Å². The Morgan fingerprint density at radius 3 is 3.20 bits per heavy atom. The fourth-order valence-corrected chi connectivity index (χ4v) is 2.72. The Labute approximate surface area is 86.4 Å². The minimum atomic E-state index is -0.464. The van der Waals surface area contributed by atoms with E-state index in [1.807, 2.05) is 0 Å². The zero-order valence-electron chi connectivity index (χ0n) is 8.01. The molecule has 1 N–H and O–H groups in total. The lowest BCUT2D eigenvalue weighted by Crippen LogP contribution is -2.44. The highest BCUT2D eigenvalue weighted by molar-refractivity contribution is 5.85. The van der Waals surface area contributed by atoms with Gasteiger partial charge in [0, 0.05) is 6.08 Å². The summed E-state index contributed by atoms with van der Waals surface area (Å²) in [4.78, 5) is 22.5. The van der Waals surface area contributed by atoms with Gasteiger partial charge in [-0.1, -0.05) is 6.58 Å². The van der Waals surface area contributed by atoms with Gasteiger partial charge in [0.1, 0.15) is 0 Å². The Bertz CT molecular complexity index is 353. The van der Waals surface area contributed by atoms with Crippen LogP contribution in [0.1, 0.15) is 6.42 Å². The number of ether oxygens (including phenoxy) is 2. The highest BCUT2D eigenvalue weighted by atomic mass is 16.6. The Balaban J connectivity index is 1.80. The summed E-state index contributed by atoms with van der Waals surface area (Å²) in [5.41, 5.74) is 0. The molecule has 5 unspecified atom stereocenters. The van der Waals surface area contributed by atoms with Gasteiger partial charge in [0.05, 0.1) is 24.2 Å². The SMILES string of the molecule is C=CC(=O)OC1C2CC3C(=O)NC1C3O2. The molecule has 3 aliphatic rings. The molecule has 0 radical (unpaired) electrons. The number of esters is 1. The summed E-state index contributed by atoms with van der Waals surface area (Å²) in [6.07, 6.45) is 1.20. The van der Waals surface area contributed by atoms with Crippen LogP contribution in [-0.2, 0) is 19.1 Å². The number of fused-ring (bicyclic) bond motifs is 1. The van der Waals surface area contributed by atoms with Gasteiger partial charge in [-0.2, -0.15) is 0 Å². The van der Waals surface area contributed by atoms with Crippen LogP contribution in [-0.4, -0.2) is 36.2 Å². The lowest BCUT2D eigenvalue weighted by atomic mass is 9.88. The molecule has 3 aliphatic heterocycles. The molecule has 2 bridgehead atoms. The summed E-state index contributed by atoms with van der Waals surface area (Å²) in [7, 11) is 0. The molecule has 3 heterocycles. The van der Waals surface area contributed by atoms with Gasteiger partial charge in [-0.15, -0.1) is 0 Å². The summed E-state index contributed by atoms with van der Waals surface area (Å²) >= 11 is 0. The Morgan fingerprint density at radius 2 is 2.47 bits per heavy atom. The maximum atomic E-state index is 11.4. The van der Waals surface area contributed by atoms with Crippen molar-refractivity contribution in [1.29, 1.82) is 0 Å².